The van der Waals surface area contributed by atoms with Crippen LogP contribution >= 0.6 is 0 Å². The van der Waals surface area contributed by atoms with Crippen LogP contribution in [0.15, 0.2) is 0 Å². The largest absolute Gasteiger partial charge is 0.480 e. The fraction of sp³-hybridized carbons (Fsp3) is 0.833. The van der Waals surface area contributed by atoms with E-state index in [-0.39, 0.29) is 11.0 Å². The first kappa shape index (κ1) is 17.4. The molecule has 0 aliphatic rings. The first-order valence-electron chi connectivity index (χ1n) is 3.37. The summed E-state index contributed by atoms with van der Waals surface area (Å²) in [5.74, 6) is -0.933. The maximum absolute atomic E-state index is 10.1. The summed E-state index contributed by atoms with van der Waals surface area (Å²) in [4.78, 5) is 10.1. The van der Waals surface area contributed by atoms with Gasteiger partial charge in [0.15, 0.2) is 0 Å². The van der Waals surface area contributed by atoms with Gasteiger partial charge in [-0.15, -0.1) is 0 Å². The summed E-state index contributed by atoms with van der Waals surface area (Å²) in [6.45, 7) is 0.604. The van der Waals surface area contributed by atoms with Crippen LogP contribution in [0.1, 0.15) is 19.3 Å². The van der Waals surface area contributed by atoms with Crippen molar-refractivity contribution in [2.24, 2.45) is 11.5 Å². The smallest absolute Gasteiger partial charge is 0.320 e. The predicted octanol–water partition coefficient (Wildman–Crippen LogP) is -2.12. The van der Waals surface area contributed by atoms with E-state index in [9.17, 15) is 4.79 Å². The van der Waals surface area contributed by atoms with Gasteiger partial charge in [0, 0.05) is 0 Å². The number of carboxylic acids is 1. The van der Waals surface area contributed by atoms with E-state index in [1.165, 1.54) is 0 Å². The highest BCUT2D eigenvalue weighted by atomic mass is 16.4. The van der Waals surface area contributed by atoms with Gasteiger partial charge in [-0.05, 0) is 19.4 Å². The van der Waals surface area contributed by atoms with Crippen LogP contribution in [-0.4, -0.2) is 34.6 Å². The molecule has 6 heteroatoms. The second-order valence-corrected chi connectivity index (χ2v) is 2.23. The van der Waals surface area contributed by atoms with Gasteiger partial charge in [0.2, 0.25) is 0 Å². The number of carbonyl (C=O) groups is 1. The van der Waals surface area contributed by atoms with E-state index in [0.29, 0.717) is 13.0 Å². The minimum absolute atomic E-state index is 0. The number of rotatable bonds is 5. The molecule has 0 saturated heterocycles. The van der Waals surface area contributed by atoms with Gasteiger partial charge in [0.25, 0.3) is 0 Å². The van der Waals surface area contributed by atoms with Crippen molar-refractivity contribution in [3.8, 4) is 0 Å². The summed E-state index contributed by atoms with van der Waals surface area (Å²) < 4.78 is 0. The molecule has 0 aromatic rings. The van der Waals surface area contributed by atoms with Gasteiger partial charge in [-0.3, -0.25) is 4.79 Å². The Hall–Kier alpha value is -0.690. The summed E-state index contributed by atoms with van der Waals surface area (Å²) in [6, 6.07) is -0.716. The zero-order valence-corrected chi connectivity index (χ0v) is 6.92. The van der Waals surface area contributed by atoms with Gasteiger partial charge in [-0.25, -0.2) is 0 Å². The first-order valence-corrected chi connectivity index (χ1v) is 3.37. The summed E-state index contributed by atoms with van der Waals surface area (Å²) >= 11 is 0. The molecule has 0 fully saturated rings. The van der Waals surface area contributed by atoms with Crippen LogP contribution in [0.2, 0.25) is 0 Å². The molecule has 0 rings (SSSR count). The molecule has 0 radical (unpaired) electrons. The van der Waals surface area contributed by atoms with Crippen molar-refractivity contribution in [1.82, 2.24) is 0 Å². The molecule has 6 nitrogen and oxygen atoms in total. The minimum Gasteiger partial charge on any atom is -0.480 e. The van der Waals surface area contributed by atoms with Gasteiger partial charge in [-0.1, -0.05) is 6.42 Å². The standard InChI is InChI=1S/C6H14N2O2.2H2O/c7-4-2-1-3-5(8)6(9)10;;/h5H,1-4,7-8H2,(H,9,10);2*1H2. The van der Waals surface area contributed by atoms with Gasteiger partial charge >= 0.3 is 5.97 Å². The zero-order chi connectivity index (χ0) is 7.98. The first-order chi connectivity index (χ1) is 4.68. The number of hydrogen-bond donors (Lipinski definition) is 3. The van der Waals surface area contributed by atoms with Gasteiger partial charge in [-0.2, -0.15) is 0 Å². The Bertz CT molecular complexity index is 110. The highest BCUT2D eigenvalue weighted by molar-refractivity contribution is 5.72. The molecule has 0 aliphatic heterocycles. The van der Waals surface area contributed by atoms with Crippen LogP contribution in [0.25, 0.3) is 0 Å². The molecule has 9 N–H and O–H groups in total. The maximum Gasteiger partial charge on any atom is 0.320 e. The van der Waals surface area contributed by atoms with Crippen LogP contribution in [-0.2, 0) is 4.79 Å². The SMILES string of the molecule is NCCCCC(N)C(=O)O.O.O. The Morgan fingerprint density at radius 3 is 2.17 bits per heavy atom. The number of hydrogen-bond acceptors (Lipinski definition) is 3. The molecule has 12 heavy (non-hydrogen) atoms. The van der Waals surface area contributed by atoms with Gasteiger partial charge in [0.05, 0.1) is 0 Å². The molecular formula is C6H18N2O4. The number of nitrogens with two attached hydrogens (primary N) is 2. The summed E-state index contributed by atoms with van der Waals surface area (Å²) in [6.07, 6.45) is 2.16. The third-order valence-electron chi connectivity index (χ3n) is 1.29. The molecule has 0 aromatic carbocycles. The van der Waals surface area contributed by atoms with Crippen LogP contribution < -0.4 is 11.5 Å². The van der Waals surface area contributed by atoms with Crippen molar-refractivity contribution < 1.29 is 20.9 Å². The molecule has 0 amide bonds. The van der Waals surface area contributed by atoms with Gasteiger partial charge < -0.3 is 27.5 Å². The van der Waals surface area contributed by atoms with E-state index < -0.39 is 12.0 Å². The fourth-order valence-electron chi connectivity index (χ4n) is 0.632. The monoisotopic (exact) mass is 182 g/mol. The second-order valence-electron chi connectivity index (χ2n) is 2.23. The topological polar surface area (TPSA) is 152 Å². The maximum atomic E-state index is 10.1. The van der Waals surface area contributed by atoms with Crippen LogP contribution in [0.5, 0.6) is 0 Å². The number of aliphatic carboxylic acids is 1. The Morgan fingerprint density at radius 2 is 1.83 bits per heavy atom. The van der Waals surface area contributed by atoms with Crippen molar-refractivity contribution in [2.45, 2.75) is 25.3 Å². The average molecular weight is 182 g/mol. The lowest BCUT2D eigenvalue weighted by molar-refractivity contribution is -0.138. The van der Waals surface area contributed by atoms with E-state index in [2.05, 4.69) is 0 Å². The Kier molecular flexibility index (Phi) is 15.0. The third kappa shape index (κ3) is 9.31. The van der Waals surface area contributed by atoms with Crippen molar-refractivity contribution in [3.05, 3.63) is 0 Å². The lowest BCUT2D eigenvalue weighted by Crippen LogP contribution is -2.29. The normalized spacial score (nSPS) is 10.8. The zero-order valence-electron chi connectivity index (χ0n) is 6.92. The third-order valence-corrected chi connectivity index (χ3v) is 1.29. The quantitative estimate of drug-likeness (QED) is 0.416. The molecular weight excluding hydrogens is 164 g/mol. The van der Waals surface area contributed by atoms with Crippen LogP contribution in [0, 0.1) is 0 Å². The van der Waals surface area contributed by atoms with Crippen LogP contribution in [0.4, 0.5) is 0 Å². The summed E-state index contributed by atoms with van der Waals surface area (Å²) in [5, 5.41) is 8.33. The molecule has 0 aromatic heterocycles. The lowest BCUT2D eigenvalue weighted by Gasteiger charge is -2.03. The molecule has 1 atom stereocenters. The van der Waals surface area contributed by atoms with E-state index in [0.717, 1.165) is 12.8 Å². The average Bonchev–Trinajstić information content (AvgIpc) is 1.88. The molecule has 0 bridgehead atoms. The molecule has 0 heterocycles. The molecule has 1 unspecified atom stereocenters. The minimum atomic E-state index is -0.933. The Morgan fingerprint density at radius 1 is 1.33 bits per heavy atom. The number of carboxylic acid groups (broad SMARTS) is 1. The van der Waals surface area contributed by atoms with E-state index in [4.69, 9.17) is 16.6 Å². The van der Waals surface area contributed by atoms with E-state index >= 15 is 0 Å². The fourth-order valence-corrected chi connectivity index (χ4v) is 0.632. The van der Waals surface area contributed by atoms with Crippen molar-refractivity contribution >= 4 is 5.97 Å². The molecule has 0 aliphatic carbocycles. The summed E-state index contributed by atoms with van der Waals surface area (Å²) in [7, 11) is 0. The van der Waals surface area contributed by atoms with Crippen molar-refractivity contribution in [3.63, 3.8) is 0 Å². The van der Waals surface area contributed by atoms with Crippen molar-refractivity contribution in [2.75, 3.05) is 6.54 Å². The van der Waals surface area contributed by atoms with Crippen molar-refractivity contribution in [1.29, 1.82) is 0 Å². The highest BCUT2D eigenvalue weighted by Gasteiger charge is 2.09. The Labute approximate surface area is 71.2 Å². The summed E-state index contributed by atoms with van der Waals surface area (Å²) in [5.41, 5.74) is 10.4. The number of unbranched alkanes of at least 4 members (excludes halogenated alkanes) is 1. The molecule has 76 valence electrons. The molecule has 0 saturated carbocycles. The predicted molar refractivity (Wildman–Crippen MR) is 45.7 cm³/mol. The molecule has 0 spiro atoms. The van der Waals surface area contributed by atoms with E-state index in [1.54, 1.807) is 0 Å². The lowest BCUT2D eigenvalue weighted by atomic mass is 10.1. The Balaban J connectivity index is -0.000000405. The highest BCUT2D eigenvalue weighted by Crippen LogP contribution is 1.96. The van der Waals surface area contributed by atoms with Crippen LogP contribution in [0.3, 0.4) is 0 Å². The van der Waals surface area contributed by atoms with Gasteiger partial charge in [0.1, 0.15) is 6.04 Å². The van der Waals surface area contributed by atoms with E-state index in [1.807, 2.05) is 0 Å². The second kappa shape index (κ2) is 10.3.